The molecule has 0 bridgehead atoms. The third kappa shape index (κ3) is 3.61. The van der Waals surface area contributed by atoms with Crippen molar-refractivity contribution >= 4 is 28.5 Å². The van der Waals surface area contributed by atoms with E-state index in [1.165, 1.54) is 21.3 Å². The lowest BCUT2D eigenvalue weighted by Gasteiger charge is -2.19. The maximum absolute atomic E-state index is 12.7. The number of halogens is 1. The van der Waals surface area contributed by atoms with Crippen LogP contribution < -0.4 is 24.7 Å². The van der Waals surface area contributed by atoms with Crippen molar-refractivity contribution in [3.63, 3.8) is 0 Å². The molecule has 142 valence electrons. The number of hydrogen-bond donors (Lipinski definition) is 1. The summed E-state index contributed by atoms with van der Waals surface area (Å²) in [5.41, 5.74) is 0.825. The van der Waals surface area contributed by atoms with Crippen LogP contribution >= 0.6 is 11.6 Å². The first-order chi connectivity index (χ1) is 13.0. The Morgan fingerprint density at radius 1 is 1.15 bits per heavy atom. The number of ether oxygens (including phenoxy) is 3. The molecule has 1 N–H and O–H groups in total. The van der Waals surface area contributed by atoms with E-state index in [1.54, 1.807) is 36.3 Å². The van der Waals surface area contributed by atoms with Gasteiger partial charge in [-0.1, -0.05) is 11.6 Å². The second kappa shape index (κ2) is 7.71. The van der Waals surface area contributed by atoms with Crippen LogP contribution in [0.4, 0.5) is 5.95 Å². The van der Waals surface area contributed by atoms with Gasteiger partial charge in [0.25, 0.3) is 5.56 Å². The number of nitrogens with one attached hydrogen (secondary N) is 1. The zero-order chi connectivity index (χ0) is 19.6. The second-order valence-corrected chi connectivity index (χ2v) is 6.19. The van der Waals surface area contributed by atoms with Crippen LogP contribution in [-0.2, 0) is 6.54 Å². The van der Waals surface area contributed by atoms with Gasteiger partial charge in [-0.3, -0.25) is 9.78 Å². The molecule has 2 heterocycles. The minimum absolute atomic E-state index is 0.270. The lowest BCUT2D eigenvalue weighted by atomic mass is 10.2. The summed E-state index contributed by atoms with van der Waals surface area (Å²) in [7, 11) is 6.25. The topological polar surface area (TPSA) is 89.6 Å². The van der Waals surface area contributed by atoms with Crippen molar-refractivity contribution in [1.29, 1.82) is 0 Å². The smallest absolute Gasteiger partial charge is 0.286 e. The van der Waals surface area contributed by atoms with Gasteiger partial charge in [-0.25, -0.2) is 0 Å². The Hall–Kier alpha value is -3.00. The third-order valence-electron chi connectivity index (χ3n) is 4.04. The normalized spacial score (nSPS) is 10.7. The molecule has 0 aliphatic heterocycles. The summed E-state index contributed by atoms with van der Waals surface area (Å²) in [5, 5.41) is 0.878. The Kier molecular flexibility index (Phi) is 5.36. The first kappa shape index (κ1) is 18.8. The van der Waals surface area contributed by atoms with Gasteiger partial charge in [0.05, 0.1) is 39.1 Å². The molecular formula is C18H19ClN4O4. The average Bonchev–Trinajstić information content (AvgIpc) is 2.66. The number of methoxy groups -OCH3 is 3. The maximum Gasteiger partial charge on any atom is 0.286 e. The molecule has 0 aliphatic rings. The molecule has 0 saturated heterocycles. The van der Waals surface area contributed by atoms with Crippen LogP contribution in [0.1, 0.15) is 5.69 Å². The van der Waals surface area contributed by atoms with Crippen molar-refractivity contribution in [2.45, 2.75) is 6.54 Å². The molecule has 0 amide bonds. The zero-order valence-corrected chi connectivity index (χ0v) is 16.1. The zero-order valence-electron chi connectivity index (χ0n) is 15.4. The van der Waals surface area contributed by atoms with E-state index in [0.29, 0.717) is 34.5 Å². The lowest BCUT2D eigenvalue weighted by Crippen LogP contribution is -2.23. The summed E-state index contributed by atoms with van der Waals surface area (Å²) >= 11 is 6.00. The molecule has 0 unspecified atom stereocenters. The SMILES string of the molecule is COc1cc2[nH]c(N(C)Cc3cc(Cl)ccn3)nc(=O)c2c(OC)c1OC. The van der Waals surface area contributed by atoms with Crippen LogP contribution in [0.5, 0.6) is 17.2 Å². The number of benzene rings is 1. The molecule has 0 aliphatic carbocycles. The van der Waals surface area contributed by atoms with E-state index >= 15 is 0 Å². The monoisotopic (exact) mass is 390 g/mol. The van der Waals surface area contributed by atoms with Crippen LogP contribution in [0.3, 0.4) is 0 Å². The summed E-state index contributed by atoms with van der Waals surface area (Å²) in [6.45, 7) is 0.416. The minimum Gasteiger partial charge on any atom is -0.493 e. The molecule has 0 fully saturated rings. The number of H-pyrrole nitrogens is 1. The van der Waals surface area contributed by atoms with E-state index in [0.717, 1.165) is 5.69 Å². The van der Waals surface area contributed by atoms with E-state index in [9.17, 15) is 4.79 Å². The van der Waals surface area contributed by atoms with E-state index in [1.807, 2.05) is 0 Å². The molecule has 0 atom stereocenters. The van der Waals surface area contributed by atoms with Gasteiger partial charge in [-0.15, -0.1) is 0 Å². The standard InChI is InChI=1S/C18H19ClN4O4/c1-23(9-11-7-10(19)5-6-20-11)18-21-12-8-13(25-2)15(26-3)16(27-4)14(12)17(24)22-18/h5-8H,9H2,1-4H3,(H,21,22,24). The number of rotatable bonds is 6. The molecule has 27 heavy (non-hydrogen) atoms. The molecule has 0 saturated carbocycles. The molecule has 8 nitrogen and oxygen atoms in total. The van der Waals surface area contributed by atoms with E-state index in [2.05, 4.69) is 15.0 Å². The molecular weight excluding hydrogens is 372 g/mol. The van der Waals surface area contributed by atoms with E-state index in [-0.39, 0.29) is 11.1 Å². The fourth-order valence-corrected chi connectivity index (χ4v) is 2.98. The Morgan fingerprint density at radius 2 is 1.89 bits per heavy atom. The van der Waals surface area contributed by atoms with Gasteiger partial charge in [0.2, 0.25) is 11.7 Å². The summed E-state index contributed by atoms with van der Waals surface area (Å²) < 4.78 is 16.1. The first-order valence-electron chi connectivity index (χ1n) is 8.03. The molecule has 0 spiro atoms. The fourth-order valence-electron chi connectivity index (χ4n) is 2.80. The van der Waals surface area contributed by atoms with Gasteiger partial charge in [0, 0.05) is 24.3 Å². The minimum atomic E-state index is -0.442. The number of nitrogens with zero attached hydrogens (tertiary/aromatic N) is 3. The summed E-state index contributed by atoms with van der Waals surface area (Å²) in [6.07, 6.45) is 1.63. The molecule has 9 heteroatoms. The molecule has 3 aromatic rings. The fraction of sp³-hybridized carbons (Fsp3) is 0.278. The van der Waals surface area contributed by atoms with Crippen LogP contribution in [0.25, 0.3) is 10.9 Å². The summed E-state index contributed by atoms with van der Waals surface area (Å²) in [4.78, 5) is 26.0. The predicted octanol–water partition coefficient (Wildman–Crippen LogP) is 2.63. The number of aromatic amines is 1. The van der Waals surface area contributed by atoms with Crippen molar-refractivity contribution in [1.82, 2.24) is 15.0 Å². The van der Waals surface area contributed by atoms with Gasteiger partial charge in [0.15, 0.2) is 11.5 Å². The largest absolute Gasteiger partial charge is 0.493 e. The number of pyridine rings is 1. The van der Waals surface area contributed by atoms with Crippen LogP contribution in [0.2, 0.25) is 5.02 Å². The highest BCUT2D eigenvalue weighted by atomic mass is 35.5. The van der Waals surface area contributed by atoms with Crippen molar-refractivity contribution in [2.75, 3.05) is 33.3 Å². The Morgan fingerprint density at radius 3 is 2.52 bits per heavy atom. The maximum atomic E-state index is 12.7. The Labute approximate surface area is 160 Å². The number of anilines is 1. The van der Waals surface area contributed by atoms with Gasteiger partial charge in [0.1, 0.15) is 5.39 Å². The molecule has 0 radical (unpaired) electrons. The van der Waals surface area contributed by atoms with Gasteiger partial charge < -0.3 is 24.1 Å². The van der Waals surface area contributed by atoms with Crippen LogP contribution in [0.15, 0.2) is 29.2 Å². The first-order valence-corrected chi connectivity index (χ1v) is 8.40. The van der Waals surface area contributed by atoms with Gasteiger partial charge in [-0.05, 0) is 12.1 Å². The highest BCUT2D eigenvalue weighted by Gasteiger charge is 2.20. The Balaban J connectivity index is 2.09. The number of aromatic nitrogens is 3. The van der Waals surface area contributed by atoms with Crippen molar-refractivity contribution in [3.05, 3.63) is 45.5 Å². The van der Waals surface area contributed by atoms with E-state index in [4.69, 9.17) is 25.8 Å². The van der Waals surface area contributed by atoms with Gasteiger partial charge in [-0.2, -0.15) is 4.98 Å². The summed E-state index contributed by atoms with van der Waals surface area (Å²) in [6, 6.07) is 5.13. The highest BCUT2D eigenvalue weighted by Crippen LogP contribution is 2.41. The molecule has 1 aromatic carbocycles. The number of hydrogen-bond acceptors (Lipinski definition) is 7. The third-order valence-corrected chi connectivity index (χ3v) is 4.27. The molecule has 2 aromatic heterocycles. The average molecular weight is 391 g/mol. The van der Waals surface area contributed by atoms with Gasteiger partial charge >= 0.3 is 0 Å². The number of fused-ring (bicyclic) bond motifs is 1. The molecule has 3 rings (SSSR count). The van der Waals surface area contributed by atoms with Crippen molar-refractivity contribution in [3.8, 4) is 17.2 Å². The lowest BCUT2D eigenvalue weighted by molar-refractivity contribution is 0.327. The quantitative estimate of drug-likeness (QED) is 0.691. The second-order valence-electron chi connectivity index (χ2n) is 5.75. The van der Waals surface area contributed by atoms with Crippen LogP contribution in [0, 0.1) is 0 Å². The highest BCUT2D eigenvalue weighted by molar-refractivity contribution is 6.30. The Bertz CT molecular complexity index is 1040. The van der Waals surface area contributed by atoms with Crippen LogP contribution in [-0.4, -0.2) is 43.3 Å². The van der Waals surface area contributed by atoms with Crippen molar-refractivity contribution < 1.29 is 14.2 Å². The van der Waals surface area contributed by atoms with E-state index < -0.39 is 5.56 Å². The predicted molar refractivity (Wildman–Crippen MR) is 103 cm³/mol. The summed E-state index contributed by atoms with van der Waals surface area (Å²) in [5.74, 6) is 1.42. The van der Waals surface area contributed by atoms with Crippen molar-refractivity contribution in [2.24, 2.45) is 0 Å².